The zero-order chi connectivity index (χ0) is 16.5. The van der Waals surface area contributed by atoms with Crippen molar-refractivity contribution in [1.29, 1.82) is 0 Å². The quantitative estimate of drug-likeness (QED) is 0.642. The molecule has 0 atom stereocenters. The first-order valence-electron chi connectivity index (χ1n) is 5.77. The smallest absolute Gasteiger partial charge is 0.329 e. The number of rotatable bonds is 3. The van der Waals surface area contributed by atoms with Gasteiger partial charge >= 0.3 is 12.1 Å². The molecule has 0 bridgehead atoms. The minimum absolute atomic E-state index is 0.0617. The van der Waals surface area contributed by atoms with Crippen LogP contribution in [0.2, 0.25) is 0 Å². The fraction of sp³-hybridized carbons (Fsp3) is 0.250. The van der Waals surface area contributed by atoms with Crippen LogP contribution in [-0.2, 0) is 11.0 Å². The minimum atomic E-state index is -4.79. The zero-order valence-electron chi connectivity index (χ0n) is 11.3. The van der Waals surface area contributed by atoms with Gasteiger partial charge in [-0.1, -0.05) is 11.2 Å². The Morgan fingerprint density at radius 2 is 2.05 bits per heavy atom. The Morgan fingerprint density at radius 3 is 2.55 bits per heavy atom. The van der Waals surface area contributed by atoms with E-state index < -0.39 is 29.6 Å². The van der Waals surface area contributed by atoms with E-state index in [1.165, 1.54) is 20.2 Å². The van der Waals surface area contributed by atoms with Crippen LogP contribution in [-0.4, -0.2) is 35.3 Å². The van der Waals surface area contributed by atoms with Crippen molar-refractivity contribution in [2.45, 2.75) is 6.18 Å². The molecular weight excluding hydrogens is 310 g/mol. The van der Waals surface area contributed by atoms with Crippen LogP contribution in [0.5, 0.6) is 0 Å². The molecule has 2 aromatic rings. The first kappa shape index (κ1) is 15.9. The van der Waals surface area contributed by atoms with E-state index in [1.54, 1.807) is 0 Å². The van der Waals surface area contributed by atoms with Crippen molar-refractivity contribution in [1.82, 2.24) is 15.2 Å². The lowest BCUT2D eigenvalue weighted by Gasteiger charge is -2.14. The van der Waals surface area contributed by atoms with E-state index in [0.29, 0.717) is 0 Å². The Kier molecular flexibility index (Phi) is 4.13. The first-order chi connectivity index (χ1) is 10.2. The Bertz CT molecular complexity index is 699. The number of amides is 1. The fourth-order valence-corrected chi connectivity index (χ4v) is 1.54. The summed E-state index contributed by atoms with van der Waals surface area (Å²) in [6, 6.07) is 3.12. The van der Waals surface area contributed by atoms with Crippen LogP contribution in [0.3, 0.4) is 0 Å². The summed E-state index contributed by atoms with van der Waals surface area (Å²) < 4.78 is 55.0. The largest absolute Gasteiger partial charge is 0.471 e. The van der Waals surface area contributed by atoms with E-state index >= 15 is 0 Å². The summed E-state index contributed by atoms with van der Waals surface area (Å²) >= 11 is 0. The predicted octanol–water partition coefficient (Wildman–Crippen LogP) is 2.53. The number of carbonyl (C=O) groups excluding carboxylic acids is 1. The summed E-state index contributed by atoms with van der Waals surface area (Å²) in [4.78, 5) is 19.5. The molecule has 0 aliphatic carbocycles. The molecule has 0 spiro atoms. The molecule has 0 radical (unpaired) electrons. The molecule has 0 unspecified atom stereocenters. The summed E-state index contributed by atoms with van der Waals surface area (Å²) in [6.07, 6.45) is -4.79. The first-order valence-corrected chi connectivity index (χ1v) is 5.77. The lowest BCUT2D eigenvalue weighted by atomic mass is 10.1. The van der Waals surface area contributed by atoms with Crippen LogP contribution in [0.4, 0.5) is 17.6 Å². The van der Waals surface area contributed by atoms with Gasteiger partial charge in [0.15, 0.2) is 0 Å². The summed E-state index contributed by atoms with van der Waals surface area (Å²) in [5, 5.41) is 3.93. The minimum Gasteiger partial charge on any atom is -0.329 e. The Balaban J connectivity index is 2.34. The SMILES string of the molecule is CON(C)C(=O)c1ccc(-c2noc(C(F)(F)F)n2)cc1F. The van der Waals surface area contributed by atoms with E-state index in [9.17, 15) is 22.4 Å². The Hall–Kier alpha value is -2.49. The van der Waals surface area contributed by atoms with Gasteiger partial charge in [-0.15, -0.1) is 0 Å². The van der Waals surface area contributed by atoms with Gasteiger partial charge in [0.05, 0.1) is 12.7 Å². The molecule has 1 amide bonds. The fourth-order valence-electron chi connectivity index (χ4n) is 1.54. The molecule has 1 aromatic heterocycles. The molecule has 0 fully saturated rings. The highest BCUT2D eigenvalue weighted by atomic mass is 19.4. The van der Waals surface area contributed by atoms with Crippen LogP contribution < -0.4 is 0 Å². The Morgan fingerprint density at radius 1 is 1.36 bits per heavy atom. The zero-order valence-corrected chi connectivity index (χ0v) is 11.3. The third-order valence-electron chi connectivity index (χ3n) is 2.69. The van der Waals surface area contributed by atoms with Crippen molar-refractivity contribution in [3.05, 3.63) is 35.5 Å². The van der Waals surface area contributed by atoms with Gasteiger partial charge in [-0.3, -0.25) is 9.63 Å². The monoisotopic (exact) mass is 319 g/mol. The number of hydrogen-bond donors (Lipinski definition) is 0. The molecule has 0 aliphatic heterocycles. The average Bonchev–Trinajstić information content (AvgIpc) is 2.95. The summed E-state index contributed by atoms with van der Waals surface area (Å²) in [6.45, 7) is 0. The number of carbonyl (C=O) groups is 1. The second kappa shape index (κ2) is 5.72. The predicted molar refractivity (Wildman–Crippen MR) is 63.8 cm³/mol. The Labute approximate surface area is 121 Å². The van der Waals surface area contributed by atoms with Gasteiger partial charge in [0.2, 0.25) is 5.82 Å². The van der Waals surface area contributed by atoms with Crippen molar-refractivity contribution < 1.29 is 31.7 Å². The number of hydroxylamine groups is 2. The van der Waals surface area contributed by atoms with Crippen LogP contribution >= 0.6 is 0 Å². The van der Waals surface area contributed by atoms with E-state index in [1.807, 2.05) is 0 Å². The lowest BCUT2D eigenvalue weighted by molar-refractivity contribution is -0.159. The van der Waals surface area contributed by atoms with E-state index in [2.05, 4.69) is 19.5 Å². The van der Waals surface area contributed by atoms with Crippen molar-refractivity contribution in [2.75, 3.05) is 14.2 Å². The standard InChI is InChI=1S/C12H9F4N3O3/c1-19(21-2)10(20)7-4-3-6(5-8(7)13)9-17-11(22-18-9)12(14,15)16/h3-5H,1-2H3. The summed E-state index contributed by atoms with van der Waals surface area (Å²) in [7, 11) is 2.51. The molecule has 6 nitrogen and oxygen atoms in total. The van der Waals surface area contributed by atoms with Gasteiger partial charge in [0, 0.05) is 12.6 Å². The van der Waals surface area contributed by atoms with E-state index in [0.717, 1.165) is 17.2 Å². The molecule has 0 N–H and O–H groups in total. The second-order valence-corrected chi connectivity index (χ2v) is 4.10. The molecule has 22 heavy (non-hydrogen) atoms. The molecule has 0 saturated carbocycles. The summed E-state index contributed by atoms with van der Waals surface area (Å²) in [5.74, 6) is -3.69. The highest BCUT2D eigenvalue weighted by Gasteiger charge is 2.38. The molecule has 2 rings (SSSR count). The van der Waals surface area contributed by atoms with Gasteiger partial charge < -0.3 is 4.52 Å². The highest BCUT2D eigenvalue weighted by Crippen LogP contribution is 2.29. The van der Waals surface area contributed by atoms with Crippen molar-refractivity contribution in [2.24, 2.45) is 0 Å². The van der Waals surface area contributed by atoms with Crippen LogP contribution in [0.15, 0.2) is 22.7 Å². The summed E-state index contributed by atoms with van der Waals surface area (Å²) in [5.41, 5.74) is -0.374. The number of halogens is 4. The molecule has 1 aromatic carbocycles. The maximum Gasteiger partial charge on any atom is 0.471 e. The highest BCUT2D eigenvalue weighted by molar-refractivity contribution is 5.94. The van der Waals surface area contributed by atoms with Crippen LogP contribution in [0.1, 0.15) is 16.2 Å². The molecule has 118 valence electrons. The molecule has 0 saturated heterocycles. The number of alkyl halides is 3. The molecule has 1 heterocycles. The van der Waals surface area contributed by atoms with E-state index in [4.69, 9.17) is 0 Å². The van der Waals surface area contributed by atoms with Gasteiger partial charge in [-0.2, -0.15) is 18.2 Å². The van der Waals surface area contributed by atoms with Crippen molar-refractivity contribution in [3.8, 4) is 11.4 Å². The number of aromatic nitrogens is 2. The number of benzene rings is 1. The van der Waals surface area contributed by atoms with Crippen LogP contribution in [0.25, 0.3) is 11.4 Å². The van der Waals surface area contributed by atoms with Gasteiger partial charge in [-0.25, -0.2) is 9.45 Å². The maximum absolute atomic E-state index is 13.9. The lowest BCUT2D eigenvalue weighted by Crippen LogP contribution is -2.26. The molecule has 0 aliphatic rings. The normalized spacial score (nSPS) is 11.5. The van der Waals surface area contributed by atoms with Crippen molar-refractivity contribution in [3.63, 3.8) is 0 Å². The van der Waals surface area contributed by atoms with Crippen molar-refractivity contribution >= 4 is 5.91 Å². The average molecular weight is 319 g/mol. The molecule has 10 heteroatoms. The third-order valence-corrected chi connectivity index (χ3v) is 2.69. The van der Waals surface area contributed by atoms with Gasteiger partial charge in [0.25, 0.3) is 5.91 Å². The second-order valence-electron chi connectivity index (χ2n) is 4.10. The number of hydrogen-bond acceptors (Lipinski definition) is 5. The third kappa shape index (κ3) is 3.06. The topological polar surface area (TPSA) is 68.5 Å². The van der Waals surface area contributed by atoms with Gasteiger partial charge in [0.1, 0.15) is 5.82 Å². The molecular formula is C12H9F4N3O3. The number of nitrogens with zero attached hydrogens (tertiary/aromatic N) is 3. The maximum atomic E-state index is 13.9. The van der Waals surface area contributed by atoms with Crippen LogP contribution in [0, 0.1) is 5.82 Å². The van der Waals surface area contributed by atoms with E-state index in [-0.39, 0.29) is 11.1 Å². The van der Waals surface area contributed by atoms with Gasteiger partial charge in [-0.05, 0) is 12.1 Å².